The largest absolute Gasteiger partial charge is 0.468 e. The number of hydrogen-bond donors (Lipinski definition) is 1. The predicted octanol–water partition coefficient (Wildman–Crippen LogP) is 2.14. The number of rotatable bonds is 5. The van der Waals surface area contributed by atoms with Gasteiger partial charge in [-0.05, 0) is 24.1 Å². The maximum atomic E-state index is 12.3. The summed E-state index contributed by atoms with van der Waals surface area (Å²) in [5.41, 5.74) is 3.60. The maximum Gasteiger partial charge on any atom is 0.253 e. The highest BCUT2D eigenvalue weighted by atomic mass is 16.5. The highest BCUT2D eigenvalue weighted by Crippen LogP contribution is 2.30. The minimum Gasteiger partial charge on any atom is -0.468 e. The van der Waals surface area contributed by atoms with Crippen LogP contribution in [0.4, 0.5) is 0 Å². The molecule has 0 spiro atoms. The molecule has 1 saturated heterocycles. The van der Waals surface area contributed by atoms with E-state index in [9.17, 15) is 9.59 Å². The summed E-state index contributed by atoms with van der Waals surface area (Å²) in [4.78, 5) is 23.6. The Morgan fingerprint density at radius 3 is 2.30 bits per heavy atom. The lowest BCUT2D eigenvalue weighted by Crippen LogP contribution is -2.69. The van der Waals surface area contributed by atoms with E-state index < -0.39 is 6.23 Å². The molecule has 0 aliphatic carbocycles. The Kier molecular flexibility index (Phi) is 4.28. The summed E-state index contributed by atoms with van der Waals surface area (Å²) in [6, 6.07) is 19.1. The van der Waals surface area contributed by atoms with Gasteiger partial charge in [-0.25, -0.2) is 5.01 Å². The number of para-hydroxylation sites is 1. The Bertz CT molecular complexity index is 688. The number of amides is 2. The lowest BCUT2D eigenvalue weighted by molar-refractivity contribution is -0.188. The summed E-state index contributed by atoms with van der Waals surface area (Å²) in [5.74, 6) is -0.0778. The van der Waals surface area contributed by atoms with Gasteiger partial charge in [0.15, 0.2) is 0 Å². The van der Waals surface area contributed by atoms with Crippen LogP contribution in [0.2, 0.25) is 0 Å². The van der Waals surface area contributed by atoms with Crippen molar-refractivity contribution in [3.05, 3.63) is 66.2 Å². The van der Waals surface area contributed by atoms with Crippen molar-refractivity contribution in [1.29, 1.82) is 0 Å². The second-order valence-electron chi connectivity index (χ2n) is 5.49. The van der Waals surface area contributed by atoms with E-state index in [2.05, 4.69) is 5.43 Å². The zero-order valence-corrected chi connectivity index (χ0v) is 12.8. The normalized spacial score (nSPS) is 19.9. The highest BCUT2D eigenvalue weighted by molar-refractivity contribution is 5.88. The summed E-state index contributed by atoms with van der Waals surface area (Å²) in [7, 11) is 0. The quantitative estimate of drug-likeness (QED) is 0.861. The van der Waals surface area contributed by atoms with Gasteiger partial charge in [-0.2, -0.15) is 0 Å². The molecule has 0 saturated carbocycles. The van der Waals surface area contributed by atoms with Gasteiger partial charge in [0.25, 0.3) is 5.91 Å². The van der Waals surface area contributed by atoms with Crippen molar-refractivity contribution in [2.45, 2.75) is 19.6 Å². The van der Waals surface area contributed by atoms with Crippen molar-refractivity contribution >= 4 is 11.8 Å². The van der Waals surface area contributed by atoms with Crippen LogP contribution in [0.15, 0.2) is 60.7 Å². The van der Waals surface area contributed by atoms with Gasteiger partial charge < -0.3 is 4.74 Å². The van der Waals surface area contributed by atoms with Crippen molar-refractivity contribution in [1.82, 2.24) is 10.4 Å². The third-order valence-electron chi connectivity index (χ3n) is 3.73. The fraction of sp³-hybridized carbons (Fsp3) is 0.222. The Hall–Kier alpha value is -2.82. The molecule has 2 atom stereocenters. The van der Waals surface area contributed by atoms with Gasteiger partial charge in [0, 0.05) is 6.92 Å². The summed E-state index contributed by atoms with van der Waals surface area (Å²) in [6.07, 6.45) is 0.0711. The molecular weight excluding hydrogens is 292 g/mol. The second kappa shape index (κ2) is 6.52. The Morgan fingerprint density at radius 2 is 1.70 bits per heavy atom. The fourth-order valence-electron chi connectivity index (χ4n) is 2.64. The van der Waals surface area contributed by atoms with Crippen molar-refractivity contribution in [2.24, 2.45) is 5.92 Å². The van der Waals surface area contributed by atoms with Crippen LogP contribution in [0.1, 0.15) is 12.5 Å². The average Bonchev–Trinajstić information content (AvgIpc) is 2.58. The molecule has 118 valence electrons. The van der Waals surface area contributed by atoms with E-state index in [0.717, 1.165) is 5.56 Å². The number of carbonyl (C=O) groups is 2. The number of benzene rings is 2. The predicted molar refractivity (Wildman–Crippen MR) is 85.2 cm³/mol. The van der Waals surface area contributed by atoms with E-state index in [-0.39, 0.29) is 17.7 Å². The second-order valence-corrected chi connectivity index (χ2v) is 5.49. The molecule has 0 bridgehead atoms. The van der Waals surface area contributed by atoms with Gasteiger partial charge in [-0.1, -0.05) is 48.5 Å². The molecule has 0 aromatic heterocycles. The molecule has 0 radical (unpaired) electrons. The van der Waals surface area contributed by atoms with Gasteiger partial charge >= 0.3 is 0 Å². The van der Waals surface area contributed by atoms with Crippen LogP contribution in [0, 0.1) is 5.92 Å². The zero-order valence-electron chi connectivity index (χ0n) is 12.8. The van der Waals surface area contributed by atoms with Crippen LogP contribution < -0.4 is 10.2 Å². The molecule has 1 aliphatic rings. The molecular formula is C18H18N2O3. The first-order chi connectivity index (χ1) is 11.1. The molecule has 1 heterocycles. The van der Waals surface area contributed by atoms with Gasteiger partial charge in [0.1, 0.15) is 11.7 Å². The average molecular weight is 310 g/mol. The van der Waals surface area contributed by atoms with Crippen molar-refractivity contribution in [2.75, 3.05) is 0 Å². The number of hydrogen-bond acceptors (Lipinski definition) is 3. The number of carbonyl (C=O) groups excluding carboxylic acids is 2. The zero-order chi connectivity index (χ0) is 16.2. The first kappa shape index (κ1) is 15.1. The topological polar surface area (TPSA) is 58.6 Å². The molecule has 1 N–H and O–H groups in total. The minimum atomic E-state index is -0.506. The molecule has 2 aromatic carbocycles. The molecule has 23 heavy (non-hydrogen) atoms. The molecule has 1 fully saturated rings. The number of nitrogens with zero attached hydrogens (tertiary/aromatic N) is 1. The van der Waals surface area contributed by atoms with E-state index in [1.165, 1.54) is 11.9 Å². The van der Waals surface area contributed by atoms with Crippen LogP contribution in [0.5, 0.6) is 5.75 Å². The molecule has 3 rings (SSSR count). The van der Waals surface area contributed by atoms with Crippen LogP contribution in [0.3, 0.4) is 0 Å². The number of hydrazine groups is 1. The van der Waals surface area contributed by atoms with Crippen LogP contribution in [-0.4, -0.2) is 23.1 Å². The number of β-lactam (4-membered cyclic amide) rings is 1. The van der Waals surface area contributed by atoms with Crippen molar-refractivity contribution < 1.29 is 14.3 Å². The Balaban J connectivity index is 1.76. The molecule has 2 amide bonds. The lowest BCUT2D eigenvalue weighted by Gasteiger charge is -2.45. The fourth-order valence-corrected chi connectivity index (χ4v) is 2.64. The van der Waals surface area contributed by atoms with E-state index in [1.807, 2.05) is 60.7 Å². The molecule has 1 aliphatic heterocycles. The number of ether oxygens (including phenoxy) is 1. The van der Waals surface area contributed by atoms with Crippen LogP contribution in [0.25, 0.3) is 0 Å². The molecule has 5 nitrogen and oxygen atoms in total. The third-order valence-corrected chi connectivity index (χ3v) is 3.73. The van der Waals surface area contributed by atoms with Crippen LogP contribution >= 0.6 is 0 Å². The maximum absolute atomic E-state index is 12.3. The highest BCUT2D eigenvalue weighted by Gasteiger charge is 2.50. The monoisotopic (exact) mass is 310 g/mol. The molecule has 2 unspecified atom stereocenters. The third kappa shape index (κ3) is 3.34. The van der Waals surface area contributed by atoms with Crippen molar-refractivity contribution in [3.8, 4) is 5.75 Å². The van der Waals surface area contributed by atoms with E-state index in [0.29, 0.717) is 12.2 Å². The van der Waals surface area contributed by atoms with Gasteiger partial charge in [0.2, 0.25) is 12.1 Å². The SMILES string of the molecule is CC(=O)NN1C(=O)C(Cc2ccccc2)C1Oc1ccccc1. The van der Waals surface area contributed by atoms with Gasteiger partial charge in [0.05, 0.1) is 0 Å². The van der Waals surface area contributed by atoms with Crippen molar-refractivity contribution in [3.63, 3.8) is 0 Å². The summed E-state index contributed by atoms with van der Waals surface area (Å²) in [6.45, 7) is 1.37. The smallest absolute Gasteiger partial charge is 0.253 e. The van der Waals surface area contributed by atoms with Gasteiger partial charge in [-0.15, -0.1) is 0 Å². The lowest BCUT2D eigenvalue weighted by atomic mass is 9.90. The minimum absolute atomic E-state index is 0.134. The Morgan fingerprint density at radius 1 is 1.09 bits per heavy atom. The summed E-state index contributed by atoms with van der Waals surface area (Å²) >= 11 is 0. The molecule has 5 heteroatoms. The van der Waals surface area contributed by atoms with Crippen LogP contribution in [-0.2, 0) is 16.0 Å². The molecule has 2 aromatic rings. The first-order valence-electron chi connectivity index (χ1n) is 7.51. The standard InChI is InChI=1S/C18H18N2O3/c1-13(21)19-20-17(22)16(12-14-8-4-2-5-9-14)18(20)23-15-10-6-3-7-11-15/h2-11,16,18H,12H2,1H3,(H,19,21). The van der Waals surface area contributed by atoms with Gasteiger partial charge in [-0.3, -0.25) is 15.0 Å². The first-order valence-corrected chi connectivity index (χ1v) is 7.51. The van der Waals surface area contributed by atoms with E-state index in [4.69, 9.17) is 4.74 Å². The van der Waals surface area contributed by atoms with E-state index in [1.54, 1.807) is 0 Å². The number of nitrogens with one attached hydrogen (secondary N) is 1. The summed E-state index contributed by atoms with van der Waals surface area (Å²) in [5, 5.41) is 1.27. The Labute approximate surface area is 134 Å². The summed E-state index contributed by atoms with van der Waals surface area (Å²) < 4.78 is 5.91. The van der Waals surface area contributed by atoms with E-state index >= 15 is 0 Å².